The summed E-state index contributed by atoms with van der Waals surface area (Å²) in [5.74, 6) is -6.40. The number of hydrogen-bond acceptors (Lipinski definition) is 8. The number of aliphatic hydroxyl groups is 1. The summed E-state index contributed by atoms with van der Waals surface area (Å²) in [6.45, 7) is 2.73. The molecule has 0 bridgehead atoms. The summed E-state index contributed by atoms with van der Waals surface area (Å²) in [6, 6.07) is -5.83. The van der Waals surface area contributed by atoms with Gasteiger partial charge in [-0.3, -0.25) is 24.0 Å². The van der Waals surface area contributed by atoms with Crippen molar-refractivity contribution in [1.82, 2.24) is 16.0 Å². The molecule has 0 radical (unpaired) electrons. The van der Waals surface area contributed by atoms with Crippen molar-refractivity contribution < 1.29 is 39.0 Å². The molecule has 5 amide bonds. The van der Waals surface area contributed by atoms with Crippen LogP contribution in [-0.2, 0) is 28.8 Å². The van der Waals surface area contributed by atoms with E-state index in [0.29, 0.717) is 0 Å². The van der Waals surface area contributed by atoms with Crippen LogP contribution >= 0.6 is 0 Å². The summed E-state index contributed by atoms with van der Waals surface area (Å²) in [7, 11) is 0. The lowest BCUT2D eigenvalue weighted by atomic mass is 10.0. The van der Waals surface area contributed by atoms with Crippen molar-refractivity contribution in [3.63, 3.8) is 0 Å². The van der Waals surface area contributed by atoms with Crippen molar-refractivity contribution in [1.29, 1.82) is 0 Å². The number of nitrogens with one attached hydrogen (secondary N) is 3. The molecular formula is C17H30N6O8. The highest BCUT2D eigenvalue weighted by atomic mass is 16.4. The van der Waals surface area contributed by atoms with Gasteiger partial charge in [-0.2, -0.15) is 0 Å². The number of aliphatic hydroxyl groups excluding tert-OH is 1. The summed E-state index contributed by atoms with van der Waals surface area (Å²) >= 11 is 0. The van der Waals surface area contributed by atoms with E-state index in [9.17, 15) is 33.9 Å². The lowest BCUT2D eigenvalue weighted by Crippen LogP contribution is -2.58. The van der Waals surface area contributed by atoms with Gasteiger partial charge in [-0.15, -0.1) is 0 Å². The number of primary amides is 2. The Morgan fingerprint density at radius 2 is 1.16 bits per heavy atom. The van der Waals surface area contributed by atoms with Crippen molar-refractivity contribution in [3.05, 3.63) is 0 Å². The van der Waals surface area contributed by atoms with E-state index in [0.717, 1.165) is 0 Å². The first kappa shape index (κ1) is 27.7. The van der Waals surface area contributed by atoms with E-state index in [1.54, 1.807) is 13.8 Å². The van der Waals surface area contributed by atoms with Crippen LogP contribution < -0.4 is 33.2 Å². The minimum Gasteiger partial charge on any atom is -0.480 e. The fraction of sp³-hybridized carbons (Fsp3) is 0.647. The predicted molar refractivity (Wildman–Crippen MR) is 106 cm³/mol. The van der Waals surface area contributed by atoms with Crippen LogP contribution in [0.3, 0.4) is 0 Å². The minimum absolute atomic E-state index is 0.0811. The van der Waals surface area contributed by atoms with Crippen LogP contribution in [0.25, 0.3) is 0 Å². The number of rotatable bonds is 14. The van der Waals surface area contributed by atoms with Crippen molar-refractivity contribution in [2.45, 2.75) is 57.3 Å². The highest BCUT2D eigenvalue weighted by Crippen LogP contribution is 2.06. The van der Waals surface area contributed by atoms with Crippen molar-refractivity contribution >= 4 is 35.5 Å². The fourth-order valence-corrected chi connectivity index (χ4v) is 2.42. The Balaban J connectivity index is 5.51. The van der Waals surface area contributed by atoms with E-state index in [2.05, 4.69) is 16.0 Å². The summed E-state index contributed by atoms with van der Waals surface area (Å²) in [4.78, 5) is 70.8. The first-order valence-corrected chi connectivity index (χ1v) is 9.35. The second kappa shape index (κ2) is 13.1. The minimum atomic E-state index is -1.59. The Hall–Kier alpha value is -3.26. The number of amides is 5. The predicted octanol–water partition coefficient (Wildman–Crippen LogP) is -4.36. The quantitative estimate of drug-likeness (QED) is 0.128. The zero-order valence-electron chi connectivity index (χ0n) is 17.3. The molecule has 4 unspecified atom stereocenters. The standard InChI is InChI=1S/C17H30N6O8/c1-7(2)3-11(17(30)31)23-16(29)10(5-13(20)26)22-15(28)9(4-12(19)25)21-14(27)8(18)6-24/h7-11,24H,3-6,18H2,1-2H3,(H2,19,25)(H2,20,26)(H,21,27)(H,22,28)(H,23,29)(H,30,31). The molecule has 0 saturated heterocycles. The van der Waals surface area contributed by atoms with Crippen LogP contribution in [0.4, 0.5) is 0 Å². The molecule has 176 valence electrons. The lowest BCUT2D eigenvalue weighted by molar-refractivity contribution is -0.143. The molecule has 31 heavy (non-hydrogen) atoms. The average Bonchev–Trinajstić information content (AvgIpc) is 2.64. The number of aliphatic carboxylic acids is 1. The largest absolute Gasteiger partial charge is 0.480 e. The zero-order valence-corrected chi connectivity index (χ0v) is 17.3. The summed E-state index contributed by atoms with van der Waals surface area (Å²) < 4.78 is 0. The van der Waals surface area contributed by atoms with Gasteiger partial charge in [0.05, 0.1) is 19.4 Å². The Labute approximate surface area is 178 Å². The molecule has 0 fully saturated rings. The number of carboxylic acids is 1. The van der Waals surface area contributed by atoms with Crippen LogP contribution in [-0.4, -0.2) is 76.5 Å². The number of hydrogen-bond donors (Lipinski definition) is 8. The monoisotopic (exact) mass is 446 g/mol. The second-order valence-electron chi connectivity index (χ2n) is 7.28. The molecule has 0 aliphatic rings. The second-order valence-corrected chi connectivity index (χ2v) is 7.28. The summed E-state index contributed by atoms with van der Waals surface area (Å²) in [5.41, 5.74) is 15.5. The molecule has 0 aromatic rings. The number of carbonyl (C=O) groups is 6. The van der Waals surface area contributed by atoms with Gasteiger partial charge in [0.1, 0.15) is 24.2 Å². The molecule has 14 nitrogen and oxygen atoms in total. The average molecular weight is 446 g/mol. The zero-order chi connectivity index (χ0) is 24.3. The van der Waals surface area contributed by atoms with Crippen molar-refractivity contribution in [2.75, 3.05) is 6.61 Å². The van der Waals surface area contributed by atoms with Gasteiger partial charge in [0, 0.05) is 0 Å². The van der Waals surface area contributed by atoms with Gasteiger partial charge in [0.2, 0.25) is 29.5 Å². The van der Waals surface area contributed by atoms with Gasteiger partial charge in [-0.1, -0.05) is 13.8 Å². The van der Waals surface area contributed by atoms with Crippen LogP contribution in [0.15, 0.2) is 0 Å². The van der Waals surface area contributed by atoms with Gasteiger partial charge in [-0.25, -0.2) is 4.79 Å². The Morgan fingerprint density at radius 3 is 1.48 bits per heavy atom. The van der Waals surface area contributed by atoms with Crippen molar-refractivity contribution in [3.8, 4) is 0 Å². The maximum Gasteiger partial charge on any atom is 0.326 e. The Morgan fingerprint density at radius 1 is 0.774 bits per heavy atom. The first-order valence-electron chi connectivity index (χ1n) is 9.35. The molecule has 11 N–H and O–H groups in total. The molecule has 14 heteroatoms. The third-order valence-electron chi connectivity index (χ3n) is 3.93. The van der Waals surface area contributed by atoms with E-state index < -0.39 is 79.1 Å². The molecule has 0 aliphatic carbocycles. The number of carbonyl (C=O) groups excluding carboxylic acids is 5. The maximum absolute atomic E-state index is 12.5. The van der Waals surface area contributed by atoms with Crippen LogP contribution in [0.2, 0.25) is 0 Å². The van der Waals surface area contributed by atoms with Gasteiger partial charge < -0.3 is 43.4 Å². The highest BCUT2D eigenvalue weighted by Gasteiger charge is 2.32. The summed E-state index contributed by atoms with van der Waals surface area (Å²) in [6.07, 6.45) is -1.28. The smallest absolute Gasteiger partial charge is 0.326 e. The molecule has 0 heterocycles. The van der Waals surface area contributed by atoms with Crippen molar-refractivity contribution in [2.24, 2.45) is 23.1 Å². The molecule has 4 atom stereocenters. The molecule has 0 rings (SSSR count). The molecule has 0 saturated carbocycles. The van der Waals surface area contributed by atoms with Crippen LogP contribution in [0, 0.1) is 5.92 Å². The van der Waals surface area contributed by atoms with Gasteiger partial charge in [-0.05, 0) is 12.3 Å². The lowest BCUT2D eigenvalue weighted by Gasteiger charge is -2.24. The third kappa shape index (κ3) is 10.9. The number of carboxylic acid groups (broad SMARTS) is 1. The van der Waals surface area contributed by atoms with E-state index in [4.69, 9.17) is 22.3 Å². The third-order valence-corrected chi connectivity index (χ3v) is 3.93. The van der Waals surface area contributed by atoms with E-state index in [-0.39, 0.29) is 12.3 Å². The maximum atomic E-state index is 12.5. The van der Waals surface area contributed by atoms with Gasteiger partial charge in [0.25, 0.3) is 0 Å². The number of nitrogens with two attached hydrogens (primary N) is 3. The normalized spacial score (nSPS) is 14.6. The Kier molecular flexibility index (Phi) is 11.7. The molecule has 0 aromatic carbocycles. The molecule has 0 spiro atoms. The van der Waals surface area contributed by atoms with Crippen LogP contribution in [0.1, 0.15) is 33.1 Å². The van der Waals surface area contributed by atoms with Crippen LogP contribution in [0.5, 0.6) is 0 Å². The molecule has 0 aromatic heterocycles. The summed E-state index contributed by atoms with van der Waals surface area (Å²) in [5, 5.41) is 24.6. The first-order chi connectivity index (χ1) is 14.3. The van der Waals surface area contributed by atoms with E-state index in [1.165, 1.54) is 0 Å². The fourth-order valence-electron chi connectivity index (χ4n) is 2.42. The topological polar surface area (TPSA) is 257 Å². The Bertz CT molecular complexity index is 698. The molecule has 0 aliphatic heterocycles. The SMILES string of the molecule is CC(C)CC(NC(=O)C(CC(N)=O)NC(=O)C(CC(N)=O)NC(=O)C(N)CO)C(=O)O. The highest BCUT2D eigenvalue weighted by molar-refractivity contribution is 5.97. The molecular weight excluding hydrogens is 416 g/mol. The van der Waals surface area contributed by atoms with E-state index in [1.807, 2.05) is 0 Å². The van der Waals surface area contributed by atoms with Gasteiger partial charge >= 0.3 is 5.97 Å². The van der Waals surface area contributed by atoms with E-state index >= 15 is 0 Å². The van der Waals surface area contributed by atoms with Gasteiger partial charge in [0.15, 0.2) is 0 Å².